The molecule has 1 N–H and O–H groups in total. The highest BCUT2D eigenvalue weighted by Crippen LogP contribution is 2.20. The third kappa shape index (κ3) is 2.55. The zero-order valence-electron chi connectivity index (χ0n) is 9.69. The number of hydrogen-bond acceptors (Lipinski definition) is 4. The number of oxime groups is 1. The van der Waals surface area contributed by atoms with Gasteiger partial charge in [0.25, 0.3) is 0 Å². The van der Waals surface area contributed by atoms with Gasteiger partial charge in [-0.25, -0.2) is 0 Å². The molecule has 2 aromatic rings. The largest absolute Gasteiger partial charge is 0.411 e. The third-order valence-electron chi connectivity index (χ3n) is 2.49. The first kappa shape index (κ1) is 11.9. The zero-order chi connectivity index (χ0) is 12.8. The molecule has 0 unspecified atom stereocenters. The van der Waals surface area contributed by atoms with Gasteiger partial charge < -0.3 is 5.21 Å². The van der Waals surface area contributed by atoms with E-state index in [4.69, 9.17) is 10.5 Å². The maximum absolute atomic E-state index is 8.66. The maximum atomic E-state index is 8.66. The summed E-state index contributed by atoms with van der Waals surface area (Å²) >= 11 is 0. The van der Waals surface area contributed by atoms with Crippen molar-refractivity contribution in [3.8, 4) is 17.3 Å². The van der Waals surface area contributed by atoms with Gasteiger partial charge in [-0.1, -0.05) is 35.5 Å². The quantitative estimate of drug-likeness (QED) is 0.506. The van der Waals surface area contributed by atoms with Crippen LogP contribution in [0.1, 0.15) is 12.0 Å². The van der Waals surface area contributed by atoms with Crippen molar-refractivity contribution >= 4 is 6.21 Å². The summed E-state index contributed by atoms with van der Waals surface area (Å²) in [6, 6.07) is 11.7. The Morgan fingerprint density at radius 2 is 2.17 bits per heavy atom. The first-order valence-electron chi connectivity index (χ1n) is 5.52. The standard InChI is InChI=1S/C13H12N4O/c14-7-4-8-17-10-12(9-15-18)13(16-17)11-5-2-1-3-6-11/h1-3,5-6,9-10,18H,4,8H2/b15-9+. The molecule has 5 nitrogen and oxygen atoms in total. The molecule has 0 saturated heterocycles. The molecule has 0 aliphatic carbocycles. The van der Waals surface area contributed by atoms with Crippen LogP contribution < -0.4 is 0 Å². The number of benzene rings is 1. The van der Waals surface area contributed by atoms with Crippen LogP contribution in [0.5, 0.6) is 0 Å². The van der Waals surface area contributed by atoms with Crippen LogP contribution in [0, 0.1) is 11.3 Å². The second-order valence-corrected chi connectivity index (χ2v) is 3.71. The van der Waals surface area contributed by atoms with Crippen molar-refractivity contribution in [3.05, 3.63) is 42.1 Å². The summed E-state index contributed by atoms with van der Waals surface area (Å²) in [4.78, 5) is 0. The highest BCUT2D eigenvalue weighted by molar-refractivity contribution is 5.88. The van der Waals surface area contributed by atoms with E-state index in [1.807, 2.05) is 30.3 Å². The van der Waals surface area contributed by atoms with Gasteiger partial charge in [0.15, 0.2) is 0 Å². The molecule has 0 aliphatic heterocycles. The Balaban J connectivity index is 2.39. The number of aryl methyl sites for hydroxylation is 1. The van der Waals surface area contributed by atoms with E-state index in [1.165, 1.54) is 6.21 Å². The molecule has 0 radical (unpaired) electrons. The molecule has 5 heteroatoms. The van der Waals surface area contributed by atoms with Crippen LogP contribution in [-0.4, -0.2) is 21.2 Å². The maximum Gasteiger partial charge on any atom is 0.101 e. The van der Waals surface area contributed by atoms with Gasteiger partial charge in [-0.3, -0.25) is 4.68 Å². The van der Waals surface area contributed by atoms with Gasteiger partial charge >= 0.3 is 0 Å². The molecule has 0 bridgehead atoms. The highest BCUT2D eigenvalue weighted by atomic mass is 16.4. The first-order chi connectivity index (χ1) is 8.85. The summed E-state index contributed by atoms with van der Waals surface area (Å²) in [5.74, 6) is 0. The van der Waals surface area contributed by atoms with E-state index in [1.54, 1.807) is 10.9 Å². The molecule has 1 aromatic heterocycles. The van der Waals surface area contributed by atoms with Crippen LogP contribution in [-0.2, 0) is 6.54 Å². The predicted molar refractivity (Wildman–Crippen MR) is 67.3 cm³/mol. The minimum atomic E-state index is 0.394. The SMILES string of the molecule is N#CCCn1cc(/C=N/O)c(-c2ccccc2)n1. The highest BCUT2D eigenvalue weighted by Gasteiger charge is 2.09. The van der Waals surface area contributed by atoms with E-state index in [0.29, 0.717) is 13.0 Å². The Hall–Kier alpha value is -2.61. The molecule has 1 aromatic carbocycles. The molecule has 0 saturated carbocycles. The van der Waals surface area contributed by atoms with Crippen molar-refractivity contribution in [3.63, 3.8) is 0 Å². The van der Waals surface area contributed by atoms with Gasteiger partial charge in [0.2, 0.25) is 0 Å². The van der Waals surface area contributed by atoms with E-state index < -0.39 is 0 Å². The van der Waals surface area contributed by atoms with Crippen molar-refractivity contribution in [1.29, 1.82) is 5.26 Å². The Kier molecular flexibility index (Phi) is 3.72. The lowest BCUT2D eigenvalue weighted by molar-refractivity contribution is 0.322. The van der Waals surface area contributed by atoms with Crippen molar-refractivity contribution in [2.24, 2.45) is 5.16 Å². The number of nitriles is 1. The summed E-state index contributed by atoms with van der Waals surface area (Å²) < 4.78 is 1.68. The van der Waals surface area contributed by atoms with Gasteiger partial charge in [0, 0.05) is 17.3 Å². The van der Waals surface area contributed by atoms with Crippen molar-refractivity contribution in [2.45, 2.75) is 13.0 Å². The van der Waals surface area contributed by atoms with E-state index in [2.05, 4.69) is 16.3 Å². The molecular weight excluding hydrogens is 228 g/mol. The smallest absolute Gasteiger partial charge is 0.101 e. The monoisotopic (exact) mass is 240 g/mol. The zero-order valence-corrected chi connectivity index (χ0v) is 9.69. The fourth-order valence-electron chi connectivity index (χ4n) is 1.69. The number of rotatable bonds is 4. The fourth-order valence-corrected chi connectivity index (χ4v) is 1.69. The molecular formula is C13H12N4O. The van der Waals surface area contributed by atoms with E-state index in [9.17, 15) is 0 Å². The number of hydrogen-bond donors (Lipinski definition) is 1. The van der Waals surface area contributed by atoms with Gasteiger partial charge in [-0.05, 0) is 0 Å². The Morgan fingerprint density at radius 1 is 1.39 bits per heavy atom. The summed E-state index contributed by atoms with van der Waals surface area (Å²) in [7, 11) is 0. The second-order valence-electron chi connectivity index (χ2n) is 3.71. The molecule has 1 heterocycles. The van der Waals surface area contributed by atoms with Gasteiger partial charge in [0.1, 0.15) is 5.69 Å². The van der Waals surface area contributed by atoms with Gasteiger partial charge in [-0.2, -0.15) is 10.4 Å². The number of aromatic nitrogens is 2. The van der Waals surface area contributed by atoms with Crippen molar-refractivity contribution in [2.75, 3.05) is 0 Å². The summed E-state index contributed by atoms with van der Waals surface area (Å²) in [6.07, 6.45) is 3.50. The molecule has 90 valence electrons. The molecule has 2 rings (SSSR count). The minimum absolute atomic E-state index is 0.394. The molecule has 0 aliphatic rings. The first-order valence-corrected chi connectivity index (χ1v) is 5.52. The van der Waals surface area contributed by atoms with Crippen LogP contribution in [0.15, 0.2) is 41.7 Å². The predicted octanol–water partition coefficient (Wildman–Crippen LogP) is 2.27. The van der Waals surface area contributed by atoms with Crippen LogP contribution in [0.4, 0.5) is 0 Å². The Bertz CT molecular complexity index is 581. The Morgan fingerprint density at radius 3 is 2.83 bits per heavy atom. The normalized spacial score (nSPS) is 10.6. The third-order valence-corrected chi connectivity index (χ3v) is 2.49. The number of nitrogens with zero attached hydrogens (tertiary/aromatic N) is 4. The Labute approximate surface area is 105 Å². The lowest BCUT2D eigenvalue weighted by atomic mass is 10.1. The molecule has 0 atom stereocenters. The lowest BCUT2D eigenvalue weighted by Gasteiger charge is -1.97. The second kappa shape index (κ2) is 5.64. The summed E-state index contributed by atoms with van der Waals surface area (Å²) in [5, 5.41) is 24.7. The van der Waals surface area contributed by atoms with Gasteiger partial charge in [0.05, 0.1) is 25.2 Å². The topological polar surface area (TPSA) is 74.2 Å². The van der Waals surface area contributed by atoms with Gasteiger partial charge in [-0.15, -0.1) is 0 Å². The van der Waals surface area contributed by atoms with Crippen LogP contribution >= 0.6 is 0 Å². The van der Waals surface area contributed by atoms with Crippen LogP contribution in [0.2, 0.25) is 0 Å². The lowest BCUT2D eigenvalue weighted by Crippen LogP contribution is -1.97. The van der Waals surface area contributed by atoms with E-state index in [-0.39, 0.29) is 0 Å². The average molecular weight is 240 g/mol. The average Bonchev–Trinajstić information content (AvgIpc) is 2.81. The fraction of sp³-hybridized carbons (Fsp3) is 0.154. The summed E-state index contributed by atoms with van der Waals surface area (Å²) in [6.45, 7) is 0.523. The van der Waals surface area contributed by atoms with E-state index >= 15 is 0 Å². The molecule has 0 spiro atoms. The minimum Gasteiger partial charge on any atom is -0.411 e. The van der Waals surface area contributed by atoms with Crippen molar-refractivity contribution < 1.29 is 5.21 Å². The van der Waals surface area contributed by atoms with Crippen LogP contribution in [0.3, 0.4) is 0 Å². The molecule has 18 heavy (non-hydrogen) atoms. The molecule has 0 amide bonds. The van der Waals surface area contributed by atoms with E-state index in [0.717, 1.165) is 16.8 Å². The van der Waals surface area contributed by atoms with Crippen molar-refractivity contribution in [1.82, 2.24) is 9.78 Å². The summed E-state index contributed by atoms with van der Waals surface area (Å²) in [5.41, 5.74) is 2.41. The molecule has 0 fully saturated rings. The van der Waals surface area contributed by atoms with Crippen LogP contribution in [0.25, 0.3) is 11.3 Å².